The zero-order valence-corrected chi connectivity index (χ0v) is 15.4. The number of ether oxygens (including phenoxy) is 2. The van der Waals surface area contributed by atoms with Gasteiger partial charge in [0.15, 0.2) is 18.1 Å². The first kappa shape index (κ1) is 19.1. The van der Waals surface area contributed by atoms with E-state index in [0.29, 0.717) is 23.1 Å². The van der Waals surface area contributed by atoms with E-state index in [1.165, 1.54) is 18.2 Å². The van der Waals surface area contributed by atoms with E-state index >= 15 is 0 Å². The smallest absolute Gasteiger partial charge is 0.255 e. The molecule has 1 unspecified atom stereocenters. The summed E-state index contributed by atoms with van der Waals surface area (Å²) in [4.78, 5) is 10.9. The number of nitrogens with one attached hydrogen (secondary N) is 1. The lowest BCUT2D eigenvalue weighted by atomic mass is 10.1. The molecule has 1 atom stereocenters. The van der Waals surface area contributed by atoms with Crippen molar-refractivity contribution >= 4 is 17.5 Å². The standard InChI is InChI=1S/C19H23ClN2O3/c1-12-4-6-15(7-5-12)13(2)22-10-14-8-16(20)19(17(9-14)24-3)25-11-18(21)23/h4-9,13,22H,10-11H2,1-3H3,(H2,21,23). The Morgan fingerprint density at radius 1 is 1.28 bits per heavy atom. The molecule has 0 aliphatic rings. The monoisotopic (exact) mass is 362 g/mol. The largest absolute Gasteiger partial charge is 0.493 e. The molecule has 0 aromatic heterocycles. The summed E-state index contributed by atoms with van der Waals surface area (Å²) in [5.41, 5.74) is 8.50. The van der Waals surface area contributed by atoms with E-state index in [-0.39, 0.29) is 12.6 Å². The molecule has 0 bridgehead atoms. The van der Waals surface area contributed by atoms with Crippen molar-refractivity contribution in [2.45, 2.75) is 26.4 Å². The van der Waals surface area contributed by atoms with Crippen LogP contribution in [0.2, 0.25) is 5.02 Å². The predicted molar refractivity (Wildman–Crippen MR) is 99.1 cm³/mol. The van der Waals surface area contributed by atoms with Gasteiger partial charge in [-0.05, 0) is 37.1 Å². The van der Waals surface area contributed by atoms with Crippen LogP contribution >= 0.6 is 11.6 Å². The number of amides is 1. The first-order chi connectivity index (χ1) is 11.9. The van der Waals surface area contributed by atoms with E-state index in [4.69, 9.17) is 26.8 Å². The summed E-state index contributed by atoms with van der Waals surface area (Å²) in [7, 11) is 1.52. The second-order valence-electron chi connectivity index (χ2n) is 5.88. The molecule has 5 nitrogen and oxygen atoms in total. The molecular weight excluding hydrogens is 340 g/mol. The number of carbonyl (C=O) groups excluding carboxylic acids is 1. The van der Waals surface area contributed by atoms with Gasteiger partial charge in [0.1, 0.15) is 0 Å². The maximum atomic E-state index is 10.9. The zero-order valence-electron chi connectivity index (χ0n) is 14.6. The number of primary amides is 1. The van der Waals surface area contributed by atoms with Crippen molar-refractivity contribution in [2.75, 3.05) is 13.7 Å². The molecule has 2 aromatic carbocycles. The lowest BCUT2D eigenvalue weighted by molar-refractivity contribution is -0.119. The number of halogens is 1. The highest BCUT2D eigenvalue weighted by Gasteiger charge is 2.14. The fourth-order valence-corrected chi connectivity index (χ4v) is 2.69. The summed E-state index contributed by atoms with van der Waals surface area (Å²) in [5, 5.41) is 3.83. The van der Waals surface area contributed by atoms with Crippen molar-refractivity contribution < 1.29 is 14.3 Å². The van der Waals surface area contributed by atoms with Gasteiger partial charge < -0.3 is 20.5 Å². The van der Waals surface area contributed by atoms with Crippen LogP contribution in [-0.2, 0) is 11.3 Å². The average molecular weight is 363 g/mol. The molecule has 6 heteroatoms. The van der Waals surface area contributed by atoms with Gasteiger partial charge in [0.25, 0.3) is 5.91 Å². The maximum absolute atomic E-state index is 10.9. The van der Waals surface area contributed by atoms with Gasteiger partial charge in [0.2, 0.25) is 0 Å². The Kier molecular flexibility index (Phi) is 6.67. The Bertz CT molecular complexity index is 732. The number of rotatable bonds is 8. The van der Waals surface area contributed by atoms with Gasteiger partial charge >= 0.3 is 0 Å². The number of hydrogen-bond acceptors (Lipinski definition) is 4. The Balaban J connectivity index is 2.07. The lowest BCUT2D eigenvalue weighted by Gasteiger charge is -2.17. The van der Waals surface area contributed by atoms with Crippen molar-refractivity contribution in [3.63, 3.8) is 0 Å². The number of hydrogen-bond donors (Lipinski definition) is 2. The molecule has 0 fully saturated rings. The van der Waals surface area contributed by atoms with Crippen LogP contribution in [-0.4, -0.2) is 19.6 Å². The van der Waals surface area contributed by atoms with Crippen LogP contribution in [0.25, 0.3) is 0 Å². The van der Waals surface area contributed by atoms with Gasteiger partial charge in [0.05, 0.1) is 12.1 Å². The average Bonchev–Trinajstić information content (AvgIpc) is 2.58. The number of nitrogens with two attached hydrogens (primary N) is 1. The Morgan fingerprint density at radius 2 is 1.96 bits per heavy atom. The predicted octanol–water partition coefficient (Wildman–Crippen LogP) is 3.37. The van der Waals surface area contributed by atoms with Gasteiger partial charge in [-0.15, -0.1) is 0 Å². The highest BCUT2D eigenvalue weighted by Crippen LogP contribution is 2.36. The van der Waals surface area contributed by atoms with Crippen molar-refractivity contribution in [3.8, 4) is 11.5 Å². The molecule has 0 spiro atoms. The molecule has 1 amide bonds. The quantitative estimate of drug-likeness (QED) is 0.755. The third kappa shape index (κ3) is 5.37. The molecule has 25 heavy (non-hydrogen) atoms. The van der Waals surface area contributed by atoms with E-state index in [1.54, 1.807) is 6.07 Å². The van der Waals surface area contributed by atoms with E-state index in [9.17, 15) is 4.79 Å². The van der Waals surface area contributed by atoms with E-state index in [2.05, 4.69) is 43.4 Å². The highest BCUT2D eigenvalue weighted by atomic mass is 35.5. The number of methoxy groups -OCH3 is 1. The Labute approximate surface area is 153 Å². The molecule has 2 rings (SSSR count). The minimum Gasteiger partial charge on any atom is -0.493 e. The van der Waals surface area contributed by atoms with Crippen LogP contribution < -0.4 is 20.5 Å². The van der Waals surface area contributed by atoms with Gasteiger partial charge in [-0.3, -0.25) is 4.79 Å². The second kappa shape index (κ2) is 8.74. The summed E-state index contributed by atoms with van der Waals surface area (Å²) < 4.78 is 10.6. The molecule has 0 radical (unpaired) electrons. The lowest BCUT2D eigenvalue weighted by Crippen LogP contribution is -2.20. The van der Waals surface area contributed by atoms with Gasteiger partial charge in [-0.1, -0.05) is 41.4 Å². The van der Waals surface area contributed by atoms with Crippen LogP contribution in [0.3, 0.4) is 0 Å². The minimum absolute atomic E-state index is 0.191. The molecule has 3 N–H and O–H groups in total. The molecule has 2 aromatic rings. The minimum atomic E-state index is -0.573. The SMILES string of the molecule is COc1cc(CNC(C)c2ccc(C)cc2)cc(Cl)c1OCC(N)=O. The molecule has 0 aliphatic carbocycles. The van der Waals surface area contributed by atoms with Crippen LogP contribution in [0, 0.1) is 6.92 Å². The maximum Gasteiger partial charge on any atom is 0.255 e. The number of aryl methyl sites for hydroxylation is 1. The summed E-state index contributed by atoms with van der Waals surface area (Å²) in [6.07, 6.45) is 0. The molecule has 0 heterocycles. The van der Waals surface area contributed by atoms with E-state index in [1.807, 2.05) is 6.07 Å². The number of benzene rings is 2. The molecule has 0 saturated heterocycles. The molecular formula is C19H23ClN2O3. The first-order valence-corrected chi connectivity index (χ1v) is 8.36. The van der Waals surface area contributed by atoms with Gasteiger partial charge in [0, 0.05) is 12.6 Å². The van der Waals surface area contributed by atoms with Gasteiger partial charge in [-0.25, -0.2) is 0 Å². The van der Waals surface area contributed by atoms with Crippen LogP contribution in [0.5, 0.6) is 11.5 Å². The first-order valence-electron chi connectivity index (χ1n) is 7.98. The fraction of sp³-hybridized carbons (Fsp3) is 0.316. The van der Waals surface area contributed by atoms with Crippen molar-refractivity contribution in [3.05, 3.63) is 58.1 Å². The van der Waals surface area contributed by atoms with Crippen LogP contribution in [0.15, 0.2) is 36.4 Å². The van der Waals surface area contributed by atoms with Crippen molar-refractivity contribution in [2.24, 2.45) is 5.73 Å². The third-order valence-corrected chi connectivity index (χ3v) is 4.12. The summed E-state index contributed by atoms with van der Waals surface area (Å²) >= 11 is 6.26. The zero-order chi connectivity index (χ0) is 18.4. The van der Waals surface area contributed by atoms with Gasteiger partial charge in [-0.2, -0.15) is 0 Å². The summed E-state index contributed by atoms with van der Waals surface area (Å²) in [5.74, 6) is 0.211. The topological polar surface area (TPSA) is 73.6 Å². The van der Waals surface area contributed by atoms with Crippen molar-refractivity contribution in [1.82, 2.24) is 5.32 Å². The van der Waals surface area contributed by atoms with Crippen LogP contribution in [0.1, 0.15) is 29.7 Å². The molecule has 0 saturated carbocycles. The third-order valence-electron chi connectivity index (χ3n) is 3.84. The van der Waals surface area contributed by atoms with E-state index < -0.39 is 5.91 Å². The highest BCUT2D eigenvalue weighted by molar-refractivity contribution is 6.32. The summed E-state index contributed by atoms with van der Waals surface area (Å²) in [6, 6.07) is 12.2. The van der Waals surface area contributed by atoms with Crippen LogP contribution in [0.4, 0.5) is 0 Å². The summed E-state index contributed by atoms with van der Waals surface area (Å²) in [6.45, 7) is 4.53. The Hall–Kier alpha value is -2.24. The Morgan fingerprint density at radius 3 is 2.56 bits per heavy atom. The normalized spacial score (nSPS) is 11.8. The van der Waals surface area contributed by atoms with E-state index in [0.717, 1.165) is 5.56 Å². The van der Waals surface area contributed by atoms with Crippen molar-refractivity contribution in [1.29, 1.82) is 0 Å². The number of carbonyl (C=O) groups is 1. The second-order valence-corrected chi connectivity index (χ2v) is 6.28. The fourth-order valence-electron chi connectivity index (χ4n) is 2.40. The molecule has 134 valence electrons. The molecule has 0 aliphatic heterocycles.